The Labute approximate surface area is 221 Å². The first-order valence-corrected chi connectivity index (χ1v) is 12.4. The largest absolute Gasteiger partial charge is 0.496 e. The second kappa shape index (κ2) is 12.0. The highest BCUT2D eigenvalue weighted by molar-refractivity contribution is 5.95. The van der Waals surface area contributed by atoms with Gasteiger partial charge < -0.3 is 19.7 Å². The average Bonchev–Trinajstić information content (AvgIpc) is 2.94. The molecule has 0 spiro atoms. The maximum Gasteiger partial charge on any atom is 0.233 e. The Hall–Kier alpha value is -4.11. The first-order chi connectivity index (χ1) is 18.4. The van der Waals surface area contributed by atoms with Crippen LogP contribution >= 0.6 is 0 Å². The molecule has 4 rings (SSSR count). The van der Waals surface area contributed by atoms with E-state index in [1.807, 2.05) is 32.0 Å². The van der Waals surface area contributed by atoms with Gasteiger partial charge in [0, 0.05) is 54.6 Å². The SMILES string of the molecule is C=CC=NC(=C(C)C)C(C(=O)NC)c1cc(-c2ncnc3cc(N4CCOCC4)ccc23)c(F)cc1OC. The molecule has 1 fully saturated rings. The molecule has 1 unspecified atom stereocenters. The van der Waals surface area contributed by atoms with Crippen LogP contribution in [0.1, 0.15) is 25.3 Å². The minimum absolute atomic E-state index is 0.236. The summed E-state index contributed by atoms with van der Waals surface area (Å²) in [5, 5.41) is 3.40. The number of likely N-dealkylation sites (N-methyl/N-ethyl adjacent to an activating group) is 1. The minimum atomic E-state index is -0.850. The van der Waals surface area contributed by atoms with Gasteiger partial charge in [-0.15, -0.1) is 0 Å². The molecule has 2 heterocycles. The van der Waals surface area contributed by atoms with Gasteiger partial charge in [-0.3, -0.25) is 9.79 Å². The lowest BCUT2D eigenvalue weighted by Crippen LogP contribution is -2.36. The molecule has 0 aliphatic carbocycles. The van der Waals surface area contributed by atoms with Crippen LogP contribution in [0.15, 0.2) is 65.6 Å². The third-order valence-corrected chi connectivity index (χ3v) is 6.50. The number of halogens is 1. The topological polar surface area (TPSA) is 88.9 Å². The van der Waals surface area contributed by atoms with Gasteiger partial charge in [0.2, 0.25) is 5.91 Å². The summed E-state index contributed by atoms with van der Waals surface area (Å²) in [6.07, 6.45) is 4.49. The van der Waals surface area contributed by atoms with Crippen LogP contribution in [0.4, 0.5) is 10.1 Å². The number of anilines is 1. The number of hydrogen-bond donors (Lipinski definition) is 1. The molecule has 1 N–H and O–H groups in total. The molecule has 8 nitrogen and oxygen atoms in total. The number of methoxy groups -OCH3 is 1. The van der Waals surface area contributed by atoms with E-state index in [-0.39, 0.29) is 17.2 Å². The monoisotopic (exact) mass is 517 g/mol. The number of carbonyl (C=O) groups is 1. The minimum Gasteiger partial charge on any atom is -0.496 e. The molecule has 1 aliphatic rings. The number of benzene rings is 2. The number of ether oxygens (including phenoxy) is 2. The maximum absolute atomic E-state index is 15.6. The predicted octanol–water partition coefficient (Wildman–Crippen LogP) is 4.66. The van der Waals surface area contributed by atoms with E-state index in [0.717, 1.165) is 24.4 Å². The van der Waals surface area contributed by atoms with Gasteiger partial charge in [0.1, 0.15) is 23.8 Å². The van der Waals surface area contributed by atoms with E-state index < -0.39 is 11.7 Å². The number of rotatable bonds is 8. The molecule has 38 heavy (non-hydrogen) atoms. The van der Waals surface area contributed by atoms with Crippen molar-refractivity contribution < 1.29 is 18.7 Å². The van der Waals surface area contributed by atoms with Gasteiger partial charge >= 0.3 is 0 Å². The van der Waals surface area contributed by atoms with Crippen molar-refractivity contribution in [2.75, 3.05) is 45.4 Å². The number of fused-ring (bicyclic) bond motifs is 1. The molecule has 1 aliphatic heterocycles. The van der Waals surface area contributed by atoms with E-state index in [1.165, 1.54) is 31.8 Å². The van der Waals surface area contributed by atoms with Gasteiger partial charge in [-0.25, -0.2) is 14.4 Å². The van der Waals surface area contributed by atoms with Crippen LogP contribution in [-0.2, 0) is 9.53 Å². The van der Waals surface area contributed by atoms with Gasteiger partial charge in [-0.1, -0.05) is 18.2 Å². The highest BCUT2D eigenvalue weighted by Crippen LogP contribution is 2.39. The second-order valence-electron chi connectivity index (χ2n) is 9.04. The van der Waals surface area contributed by atoms with E-state index in [0.29, 0.717) is 41.1 Å². The van der Waals surface area contributed by atoms with Crippen LogP contribution in [-0.4, -0.2) is 62.6 Å². The fourth-order valence-electron chi connectivity index (χ4n) is 4.62. The van der Waals surface area contributed by atoms with Crippen molar-refractivity contribution in [3.05, 3.63) is 72.0 Å². The van der Waals surface area contributed by atoms with Crippen molar-refractivity contribution in [1.29, 1.82) is 0 Å². The Morgan fingerprint density at radius 1 is 1.24 bits per heavy atom. The van der Waals surface area contributed by atoms with Crippen molar-refractivity contribution in [2.24, 2.45) is 4.99 Å². The average molecular weight is 518 g/mol. The van der Waals surface area contributed by atoms with Crippen molar-refractivity contribution in [1.82, 2.24) is 15.3 Å². The fraction of sp³-hybridized carbons (Fsp3) is 0.310. The van der Waals surface area contributed by atoms with E-state index in [9.17, 15) is 4.79 Å². The second-order valence-corrected chi connectivity index (χ2v) is 9.04. The van der Waals surface area contributed by atoms with E-state index in [2.05, 4.69) is 31.8 Å². The number of aliphatic imine (C=N–C) groups is 1. The van der Waals surface area contributed by atoms with Gasteiger partial charge in [0.25, 0.3) is 0 Å². The number of allylic oxidation sites excluding steroid dienone is 2. The van der Waals surface area contributed by atoms with Gasteiger partial charge in [-0.2, -0.15) is 0 Å². The summed E-state index contributed by atoms with van der Waals surface area (Å²) in [5.74, 6) is -1.44. The third kappa shape index (κ3) is 5.43. The molecule has 1 amide bonds. The highest BCUT2D eigenvalue weighted by atomic mass is 19.1. The van der Waals surface area contributed by atoms with E-state index in [4.69, 9.17) is 9.47 Å². The van der Waals surface area contributed by atoms with Crippen LogP contribution < -0.4 is 15.0 Å². The quantitative estimate of drug-likeness (QED) is 0.437. The fourth-order valence-corrected chi connectivity index (χ4v) is 4.62. The van der Waals surface area contributed by atoms with Gasteiger partial charge in [0.05, 0.1) is 37.2 Å². The van der Waals surface area contributed by atoms with Crippen molar-refractivity contribution in [3.63, 3.8) is 0 Å². The zero-order valence-electron chi connectivity index (χ0n) is 22.1. The zero-order chi connectivity index (χ0) is 27.2. The molecule has 198 valence electrons. The number of nitrogens with zero attached hydrogens (tertiary/aromatic N) is 4. The summed E-state index contributed by atoms with van der Waals surface area (Å²) >= 11 is 0. The summed E-state index contributed by atoms with van der Waals surface area (Å²) in [5.41, 5.74) is 4.19. The highest BCUT2D eigenvalue weighted by Gasteiger charge is 2.30. The molecule has 0 radical (unpaired) electrons. The van der Waals surface area contributed by atoms with Gasteiger partial charge in [0.15, 0.2) is 0 Å². The van der Waals surface area contributed by atoms with Crippen molar-refractivity contribution in [3.8, 4) is 17.0 Å². The normalized spacial score (nSPS) is 14.4. The number of aromatic nitrogens is 2. The van der Waals surface area contributed by atoms with Crippen LogP contribution in [0, 0.1) is 5.82 Å². The number of nitrogens with one attached hydrogen (secondary N) is 1. The summed E-state index contributed by atoms with van der Waals surface area (Å²) in [7, 11) is 3.00. The summed E-state index contributed by atoms with van der Waals surface area (Å²) in [6, 6.07) is 8.79. The van der Waals surface area contributed by atoms with E-state index in [1.54, 1.807) is 13.1 Å². The lowest BCUT2D eigenvalue weighted by molar-refractivity contribution is -0.121. The third-order valence-electron chi connectivity index (χ3n) is 6.50. The summed E-state index contributed by atoms with van der Waals surface area (Å²) < 4.78 is 26.6. The number of amides is 1. The summed E-state index contributed by atoms with van der Waals surface area (Å²) in [4.78, 5) is 28.8. The lowest BCUT2D eigenvalue weighted by atomic mass is 9.89. The van der Waals surface area contributed by atoms with Gasteiger partial charge in [-0.05, 0) is 38.1 Å². The first-order valence-electron chi connectivity index (χ1n) is 12.4. The molecular weight excluding hydrogens is 485 g/mol. The van der Waals surface area contributed by atoms with Crippen LogP contribution in [0.2, 0.25) is 0 Å². The first kappa shape index (κ1) is 26.9. The molecule has 1 aromatic heterocycles. The Bertz CT molecular complexity index is 1410. The molecule has 0 saturated carbocycles. The molecule has 0 bridgehead atoms. The number of morpholine rings is 1. The number of hydrogen-bond acceptors (Lipinski definition) is 7. The Balaban J connectivity index is 1.89. The number of carbonyl (C=O) groups excluding carboxylic acids is 1. The summed E-state index contributed by atoms with van der Waals surface area (Å²) in [6.45, 7) is 10.3. The van der Waals surface area contributed by atoms with Crippen LogP contribution in [0.25, 0.3) is 22.2 Å². The van der Waals surface area contributed by atoms with E-state index >= 15 is 4.39 Å². The molecule has 1 atom stereocenters. The molecule has 2 aromatic carbocycles. The predicted molar refractivity (Wildman–Crippen MR) is 148 cm³/mol. The van der Waals surface area contributed by atoms with Crippen LogP contribution in [0.5, 0.6) is 5.75 Å². The smallest absolute Gasteiger partial charge is 0.233 e. The van der Waals surface area contributed by atoms with Crippen LogP contribution in [0.3, 0.4) is 0 Å². The maximum atomic E-state index is 15.6. The van der Waals surface area contributed by atoms with Crippen molar-refractivity contribution >= 4 is 28.7 Å². The molecule has 1 saturated heterocycles. The van der Waals surface area contributed by atoms with Crippen molar-refractivity contribution in [2.45, 2.75) is 19.8 Å². The standard InChI is InChI=1S/C29H32FN5O3/c1-6-9-32-27(18(2)3)26(29(36)31-4)22-15-21(23(30)16-25(22)37-5)28-20-8-7-19(14-24(20)33-17-34-28)35-10-12-38-13-11-35/h6-9,14-17,26H,1,10-13H2,2-5H3,(H,31,36). The lowest BCUT2D eigenvalue weighted by Gasteiger charge is -2.29. The Morgan fingerprint density at radius 3 is 2.66 bits per heavy atom. The Morgan fingerprint density at radius 2 is 2.00 bits per heavy atom. The molecular formula is C29H32FN5O3. The Kier molecular flexibility index (Phi) is 8.48. The zero-order valence-corrected chi connectivity index (χ0v) is 22.1. The molecule has 3 aromatic rings. The molecule has 9 heteroatoms.